The molecule has 0 amide bonds. The summed E-state index contributed by atoms with van der Waals surface area (Å²) in [5.74, 6) is -1.58. The summed E-state index contributed by atoms with van der Waals surface area (Å²) in [4.78, 5) is 11.6. The molecule has 4 nitrogen and oxygen atoms in total. The molecule has 6 heteroatoms. The molecule has 86 valence electrons. The lowest BCUT2D eigenvalue weighted by Crippen LogP contribution is -2.44. The summed E-state index contributed by atoms with van der Waals surface area (Å²) in [6.45, 7) is 3.17. The number of hydrogen-bond acceptors (Lipinski definition) is 6. The number of cyclic esters (lactones) is 1. The van der Waals surface area contributed by atoms with Gasteiger partial charge in [-0.1, -0.05) is 0 Å². The highest BCUT2D eigenvalue weighted by atomic mass is 32.2. The number of hydrogen-bond donors (Lipinski definition) is 1. The third-order valence-corrected chi connectivity index (χ3v) is 3.97. The van der Waals surface area contributed by atoms with Crippen LogP contribution in [0.5, 0.6) is 0 Å². The van der Waals surface area contributed by atoms with Gasteiger partial charge in [0.2, 0.25) is 5.79 Å². The van der Waals surface area contributed by atoms with E-state index < -0.39 is 18.0 Å². The van der Waals surface area contributed by atoms with Gasteiger partial charge in [-0.3, -0.25) is 0 Å². The van der Waals surface area contributed by atoms with Gasteiger partial charge in [-0.2, -0.15) is 0 Å². The van der Waals surface area contributed by atoms with Crippen LogP contribution in [0.3, 0.4) is 0 Å². The Labute approximate surface area is 97.4 Å². The molecule has 0 aliphatic carbocycles. The van der Waals surface area contributed by atoms with E-state index in [4.69, 9.17) is 9.47 Å². The van der Waals surface area contributed by atoms with Gasteiger partial charge in [0.1, 0.15) is 5.57 Å². The molecule has 0 saturated carbocycles. The molecule has 0 aromatic carbocycles. The van der Waals surface area contributed by atoms with E-state index in [1.54, 1.807) is 13.8 Å². The molecular formula is C9H14O4S2. The summed E-state index contributed by atoms with van der Waals surface area (Å²) >= 11 is 2.77. The van der Waals surface area contributed by atoms with Crippen molar-refractivity contribution in [3.63, 3.8) is 0 Å². The van der Waals surface area contributed by atoms with Crippen molar-refractivity contribution in [2.75, 3.05) is 12.5 Å². The first-order valence-corrected chi connectivity index (χ1v) is 6.77. The lowest BCUT2D eigenvalue weighted by molar-refractivity contribution is -0.279. The third kappa shape index (κ3) is 2.90. The molecule has 0 aromatic rings. The molecule has 0 radical (unpaired) electrons. The van der Waals surface area contributed by atoms with Gasteiger partial charge in [-0.15, -0.1) is 23.5 Å². The Morgan fingerprint density at radius 1 is 1.40 bits per heavy atom. The van der Waals surface area contributed by atoms with Crippen LogP contribution < -0.4 is 0 Å². The van der Waals surface area contributed by atoms with Crippen LogP contribution in [0.25, 0.3) is 0 Å². The summed E-state index contributed by atoms with van der Waals surface area (Å²) < 4.78 is 10.9. The fourth-order valence-electron chi connectivity index (χ4n) is 1.22. The summed E-state index contributed by atoms with van der Waals surface area (Å²) in [6, 6.07) is 0. The van der Waals surface area contributed by atoms with Gasteiger partial charge in [0, 0.05) is 13.8 Å². The first-order valence-electron chi connectivity index (χ1n) is 4.32. The monoisotopic (exact) mass is 250 g/mol. The quantitative estimate of drug-likeness (QED) is 0.593. The predicted molar refractivity (Wildman–Crippen MR) is 61.3 cm³/mol. The fraction of sp³-hybridized carbons (Fsp3) is 0.667. The molecule has 1 heterocycles. The summed E-state index contributed by atoms with van der Waals surface area (Å²) in [5.41, 5.74) is 0.189. The molecule has 1 atom stereocenters. The van der Waals surface area contributed by atoms with E-state index in [1.165, 1.54) is 23.5 Å². The third-order valence-electron chi connectivity index (χ3n) is 1.79. The van der Waals surface area contributed by atoms with Crippen molar-refractivity contribution in [3.8, 4) is 0 Å². The number of carbonyl (C=O) groups excluding carboxylic acids is 1. The molecule has 1 fully saturated rings. The standard InChI is InChI=1S/C9H14O4S2/c1-9(2)12-6(10)5(7(11)13-9)8(14-3)15-4/h6,10H,1-4H3. The maximum absolute atomic E-state index is 11.6. The number of esters is 1. The largest absolute Gasteiger partial charge is 0.430 e. The lowest BCUT2D eigenvalue weighted by Gasteiger charge is -2.34. The van der Waals surface area contributed by atoms with Crippen molar-refractivity contribution in [2.24, 2.45) is 0 Å². The van der Waals surface area contributed by atoms with E-state index >= 15 is 0 Å². The first-order chi connectivity index (χ1) is 6.91. The molecule has 1 aliphatic rings. The van der Waals surface area contributed by atoms with Crippen molar-refractivity contribution in [3.05, 3.63) is 9.81 Å². The highest BCUT2D eigenvalue weighted by molar-refractivity contribution is 8.21. The number of rotatable bonds is 2. The van der Waals surface area contributed by atoms with Crippen LogP contribution in [-0.4, -0.2) is 35.7 Å². The summed E-state index contributed by atoms with van der Waals surface area (Å²) in [7, 11) is 0. The van der Waals surface area contributed by atoms with Crippen LogP contribution in [0.1, 0.15) is 13.8 Å². The van der Waals surface area contributed by atoms with Crippen LogP contribution in [-0.2, 0) is 14.3 Å². The van der Waals surface area contributed by atoms with Crippen molar-refractivity contribution >= 4 is 29.5 Å². The average Bonchev–Trinajstić information content (AvgIpc) is 2.09. The molecular weight excluding hydrogens is 236 g/mol. The van der Waals surface area contributed by atoms with E-state index in [2.05, 4.69) is 0 Å². The number of carbonyl (C=O) groups is 1. The van der Waals surface area contributed by atoms with Crippen molar-refractivity contribution in [1.29, 1.82) is 0 Å². The molecule has 0 spiro atoms. The second-order valence-electron chi connectivity index (χ2n) is 3.37. The van der Waals surface area contributed by atoms with Gasteiger partial charge in [0.05, 0.1) is 4.24 Å². The zero-order valence-electron chi connectivity index (χ0n) is 9.07. The van der Waals surface area contributed by atoms with Gasteiger partial charge < -0.3 is 14.6 Å². The Morgan fingerprint density at radius 3 is 2.33 bits per heavy atom. The van der Waals surface area contributed by atoms with E-state index in [1.807, 2.05) is 12.5 Å². The predicted octanol–water partition coefficient (Wildman–Crippen LogP) is 1.55. The molecule has 1 N–H and O–H groups in total. The Kier molecular flexibility index (Phi) is 4.11. The SMILES string of the molecule is CSC(SC)=C1C(=O)OC(C)(C)OC1O. The van der Waals surface area contributed by atoms with Gasteiger partial charge in [-0.25, -0.2) is 4.79 Å². The normalized spacial score (nSPS) is 25.0. The Morgan fingerprint density at radius 2 is 1.93 bits per heavy atom. The second-order valence-corrected chi connectivity index (χ2v) is 5.26. The molecule has 0 bridgehead atoms. The topological polar surface area (TPSA) is 55.8 Å². The van der Waals surface area contributed by atoms with Crippen LogP contribution >= 0.6 is 23.5 Å². The van der Waals surface area contributed by atoms with Crippen molar-refractivity contribution in [1.82, 2.24) is 0 Å². The number of thioether (sulfide) groups is 2. The molecule has 1 aliphatic heterocycles. The number of aliphatic hydroxyl groups is 1. The first kappa shape index (κ1) is 12.9. The van der Waals surface area contributed by atoms with Gasteiger partial charge in [0.25, 0.3) is 0 Å². The van der Waals surface area contributed by atoms with Crippen molar-refractivity contribution < 1.29 is 19.4 Å². The minimum Gasteiger partial charge on any atom is -0.430 e. The number of ether oxygens (including phenoxy) is 2. The Hall–Kier alpha value is -0.170. The summed E-state index contributed by atoms with van der Waals surface area (Å²) in [6.07, 6.45) is 2.45. The highest BCUT2D eigenvalue weighted by Gasteiger charge is 2.39. The zero-order chi connectivity index (χ0) is 11.6. The smallest absolute Gasteiger partial charge is 0.343 e. The highest BCUT2D eigenvalue weighted by Crippen LogP contribution is 2.35. The van der Waals surface area contributed by atoms with Gasteiger partial charge >= 0.3 is 5.97 Å². The van der Waals surface area contributed by atoms with E-state index in [0.29, 0.717) is 4.24 Å². The van der Waals surface area contributed by atoms with Crippen molar-refractivity contribution in [2.45, 2.75) is 25.9 Å². The molecule has 1 saturated heterocycles. The van der Waals surface area contributed by atoms with E-state index in [9.17, 15) is 9.90 Å². The Bertz CT molecular complexity index is 292. The van der Waals surface area contributed by atoms with Crippen LogP contribution in [0.15, 0.2) is 9.81 Å². The fourth-order valence-corrected chi connectivity index (χ4v) is 2.69. The second kappa shape index (κ2) is 4.78. The minimum atomic E-state index is -1.21. The van der Waals surface area contributed by atoms with E-state index in [-0.39, 0.29) is 5.57 Å². The zero-order valence-corrected chi connectivity index (χ0v) is 10.7. The lowest BCUT2D eigenvalue weighted by atomic mass is 10.2. The van der Waals surface area contributed by atoms with Crippen LogP contribution in [0, 0.1) is 0 Å². The van der Waals surface area contributed by atoms with Gasteiger partial charge in [0.15, 0.2) is 6.29 Å². The number of aliphatic hydroxyl groups excluding tert-OH is 1. The van der Waals surface area contributed by atoms with Crippen LogP contribution in [0.2, 0.25) is 0 Å². The Balaban J connectivity index is 3.02. The van der Waals surface area contributed by atoms with E-state index in [0.717, 1.165) is 0 Å². The molecule has 0 aromatic heterocycles. The van der Waals surface area contributed by atoms with Crippen LogP contribution in [0.4, 0.5) is 0 Å². The average molecular weight is 250 g/mol. The maximum Gasteiger partial charge on any atom is 0.343 e. The molecule has 1 unspecified atom stereocenters. The maximum atomic E-state index is 11.6. The minimum absolute atomic E-state index is 0.189. The summed E-state index contributed by atoms with van der Waals surface area (Å²) in [5, 5.41) is 9.70. The molecule has 15 heavy (non-hydrogen) atoms. The molecule has 1 rings (SSSR count). The van der Waals surface area contributed by atoms with Gasteiger partial charge in [-0.05, 0) is 12.5 Å².